The van der Waals surface area contributed by atoms with Gasteiger partial charge in [0.15, 0.2) is 0 Å². The summed E-state index contributed by atoms with van der Waals surface area (Å²) in [4.78, 5) is 8.62. The molecule has 0 spiro atoms. The second-order valence-corrected chi connectivity index (χ2v) is 4.76. The third-order valence-corrected chi connectivity index (χ3v) is 3.44. The lowest BCUT2D eigenvalue weighted by Crippen LogP contribution is -2.08. The second kappa shape index (κ2) is 6.06. The Labute approximate surface area is 100 Å². The predicted molar refractivity (Wildman–Crippen MR) is 65.9 cm³/mol. The fraction of sp³-hybridized carbons (Fsp3) is 0.636. The number of hydrogen-bond donors (Lipinski definition) is 1. The summed E-state index contributed by atoms with van der Waals surface area (Å²) in [5.41, 5.74) is 0. The van der Waals surface area contributed by atoms with E-state index in [1.165, 1.54) is 12.8 Å². The molecule has 1 aliphatic heterocycles. The van der Waals surface area contributed by atoms with Crippen LogP contribution in [-0.2, 0) is 4.74 Å². The van der Waals surface area contributed by atoms with Crippen LogP contribution in [0.25, 0.3) is 0 Å². The highest BCUT2D eigenvalue weighted by atomic mass is 32.2. The zero-order valence-corrected chi connectivity index (χ0v) is 10.3. The molecular weight excluding hydrogens is 222 g/mol. The summed E-state index contributed by atoms with van der Waals surface area (Å²) in [5.74, 6) is 1.82. The van der Waals surface area contributed by atoms with Crippen molar-refractivity contribution < 1.29 is 4.74 Å². The van der Waals surface area contributed by atoms with Gasteiger partial charge in [-0.1, -0.05) is 0 Å². The molecule has 2 heterocycles. The topological polar surface area (TPSA) is 47.0 Å². The molecule has 2 rings (SSSR count). The Bertz CT molecular complexity index is 329. The monoisotopic (exact) mass is 239 g/mol. The smallest absolute Gasteiger partial charge is 0.145 e. The van der Waals surface area contributed by atoms with E-state index in [0.717, 1.165) is 29.7 Å². The molecule has 0 radical (unpaired) electrons. The lowest BCUT2D eigenvalue weighted by molar-refractivity contribution is 0.129. The van der Waals surface area contributed by atoms with E-state index in [9.17, 15) is 0 Å². The molecule has 0 aromatic carbocycles. The summed E-state index contributed by atoms with van der Waals surface area (Å²) in [6.07, 6.45) is 6.32. The third kappa shape index (κ3) is 3.35. The molecule has 0 saturated carbocycles. The molecule has 0 aliphatic carbocycles. The van der Waals surface area contributed by atoms with Gasteiger partial charge in [-0.3, -0.25) is 4.98 Å². The maximum atomic E-state index is 5.57. The van der Waals surface area contributed by atoms with E-state index in [4.69, 9.17) is 4.74 Å². The number of aromatic nitrogens is 2. The fourth-order valence-electron chi connectivity index (χ4n) is 1.64. The van der Waals surface area contributed by atoms with Crippen molar-refractivity contribution in [2.45, 2.75) is 30.9 Å². The zero-order valence-electron chi connectivity index (χ0n) is 9.48. The zero-order chi connectivity index (χ0) is 11.2. The number of ether oxygens (including phenoxy) is 1. The van der Waals surface area contributed by atoms with Gasteiger partial charge in [-0.05, 0) is 19.8 Å². The van der Waals surface area contributed by atoms with Crippen LogP contribution in [0.3, 0.4) is 0 Å². The Hall–Kier alpha value is -0.810. The van der Waals surface area contributed by atoms with Crippen LogP contribution in [0.4, 0.5) is 5.82 Å². The van der Waals surface area contributed by atoms with Gasteiger partial charge >= 0.3 is 0 Å². The van der Waals surface area contributed by atoms with E-state index < -0.39 is 0 Å². The highest BCUT2D eigenvalue weighted by Gasteiger charge is 2.15. The molecule has 1 unspecified atom stereocenters. The van der Waals surface area contributed by atoms with E-state index >= 15 is 0 Å². The highest BCUT2D eigenvalue weighted by molar-refractivity contribution is 7.99. The van der Waals surface area contributed by atoms with E-state index in [1.54, 1.807) is 24.2 Å². The van der Waals surface area contributed by atoms with Crippen LogP contribution in [-0.4, -0.2) is 35.0 Å². The first-order valence-electron chi connectivity index (χ1n) is 5.69. The molecule has 5 heteroatoms. The van der Waals surface area contributed by atoms with Gasteiger partial charge in [0.2, 0.25) is 0 Å². The van der Waals surface area contributed by atoms with Gasteiger partial charge in [-0.25, -0.2) is 4.98 Å². The molecule has 1 aromatic rings. The molecule has 1 aromatic heterocycles. The van der Waals surface area contributed by atoms with Gasteiger partial charge in [0.1, 0.15) is 10.8 Å². The largest absolute Gasteiger partial charge is 0.377 e. The van der Waals surface area contributed by atoms with E-state index in [1.807, 2.05) is 6.92 Å². The number of nitrogens with one attached hydrogen (secondary N) is 1. The first-order valence-corrected chi connectivity index (χ1v) is 6.67. The molecule has 1 saturated heterocycles. The Morgan fingerprint density at radius 1 is 1.56 bits per heavy atom. The SMILES string of the molecule is CCNc1cncc(SCC2CCCO2)n1. The van der Waals surface area contributed by atoms with Crippen LogP contribution < -0.4 is 5.32 Å². The summed E-state index contributed by atoms with van der Waals surface area (Å²) >= 11 is 1.72. The van der Waals surface area contributed by atoms with Crippen molar-refractivity contribution in [2.24, 2.45) is 0 Å². The molecule has 1 N–H and O–H groups in total. The van der Waals surface area contributed by atoms with Crippen molar-refractivity contribution in [3.8, 4) is 0 Å². The van der Waals surface area contributed by atoms with Gasteiger partial charge in [0.05, 0.1) is 18.5 Å². The lowest BCUT2D eigenvalue weighted by Gasteiger charge is -2.08. The number of rotatable bonds is 5. The molecule has 4 nitrogen and oxygen atoms in total. The maximum absolute atomic E-state index is 5.57. The van der Waals surface area contributed by atoms with Gasteiger partial charge in [-0.15, -0.1) is 11.8 Å². The minimum atomic E-state index is 0.398. The summed E-state index contributed by atoms with van der Waals surface area (Å²) in [6.45, 7) is 3.83. The first-order chi connectivity index (χ1) is 7.88. The molecule has 16 heavy (non-hydrogen) atoms. The first kappa shape index (κ1) is 11.7. The van der Waals surface area contributed by atoms with Crippen LogP contribution >= 0.6 is 11.8 Å². The molecule has 1 atom stereocenters. The van der Waals surface area contributed by atoms with Crippen LogP contribution in [0.2, 0.25) is 0 Å². The molecule has 0 bridgehead atoms. The van der Waals surface area contributed by atoms with Crippen LogP contribution in [0.1, 0.15) is 19.8 Å². The quantitative estimate of drug-likeness (QED) is 0.798. The van der Waals surface area contributed by atoms with E-state index in [0.29, 0.717) is 6.10 Å². The summed E-state index contributed by atoms with van der Waals surface area (Å²) < 4.78 is 5.57. The normalized spacial score (nSPS) is 19.9. The minimum absolute atomic E-state index is 0.398. The average molecular weight is 239 g/mol. The molecule has 1 aliphatic rings. The molecule has 0 amide bonds. The molecule has 1 fully saturated rings. The number of thioether (sulfide) groups is 1. The van der Waals surface area contributed by atoms with Gasteiger partial charge < -0.3 is 10.1 Å². The third-order valence-electron chi connectivity index (χ3n) is 2.41. The summed E-state index contributed by atoms with van der Waals surface area (Å²) in [5, 5.41) is 4.12. The van der Waals surface area contributed by atoms with Crippen molar-refractivity contribution >= 4 is 17.6 Å². The van der Waals surface area contributed by atoms with Crippen LogP contribution in [0, 0.1) is 0 Å². The molecular formula is C11H17N3OS. The van der Waals surface area contributed by atoms with Crippen molar-refractivity contribution in [3.63, 3.8) is 0 Å². The standard InChI is InChI=1S/C11H17N3OS/c1-2-13-10-6-12-7-11(14-10)16-8-9-4-3-5-15-9/h6-7,9H,2-5,8H2,1H3,(H,13,14). The number of nitrogens with zero attached hydrogens (tertiary/aromatic N) is 2. The Balaban J connectivity index is 1.85. The van der Waals surface area contributed by atoms with E-state index in [2.05, 4.69) is 15.3 Å². The summed E-state index contributed by atoms with van der Waals surface area (Å²) in [6, 6.07) is 0. The van der Waals surface area contributed by atoms with Crippen LogP contribution in [0.5, 0.6) is 0 Å². The predicted octanol–water partition coefficient (Wildman–Crippen LogP) is 2.18. The summed E-state index contributed by atoms with van der Waals surface area (Å²) in [7, 11) is 0. The van der Waals surface area contributed by atoms with Gasteiger partial charge in [-0.2, -0.15) is 0 Å². The van der Waals surface area contributed by atoms with Crippen molar-refractivity contribution in [1.29, 1.82) is 0 Å². The van der Waals surface area contributed by atoms with Crippen molar-refractivity contribution in [2.75, 3.05) is 24.2 Å². The van der Waals surface area contributed by atoms with Crippen molar-refractivity contribution in [3.05, 3.63) is 12.4 Å². The fourth-order valence-corrected chi connectivity index (χ4v) is 2.56. The maximum Gasteiger partial charge on any atom is 0.145 e. The van der Waals surface area contributed by atoms with Crippen LogP contribution in [0.15, 0.2) is 17.4 Å². The average Bonchev–Trinajstić information content (AvgIpc) is 2.80. The Kier molecular flexibility index (Phi) is 4.42. The van der Waals surface area contributed by atoms with Crippen molar-refractivity contribution in [1.82, 2.24) is 9.97 Å². The number of anilines is 1. The van der Waals surface area contributed by atoms with Gasteiger partial charge in [0.25, 0.3) is 0 Å². The lowest BCUT2D eigenvalue weighted by atomic mass is 10.3. The second-order valence-electron chi connectivity index (χ2n) is 3.72. The Morgan fingerprint density at radius 3 is 3.25 bits per heavy atom. The highest BCUT2D eigenvalue weighted by Crippen LogP contribution is 2.22. The minimum Gasteiger partial charge on any atom is -0.377 e. The van der Waals surface area contributed by atoms with E-state index in [-0.39, 0.29) is 0 Å². The molecule has 88 valence electrons. The number of hydrogen-bond acceptors (Lipinski definition) is 5. The van der Waals surface area contributed by atoms with Gasteiger partial charge in [0, 0.05) is 18.9 Å². The Morgan fingerprint density at radius 2 is 2.50 bits per heavy atom.